The Morgan fingerprint density at radius 2 is 2.14 bits per heavy atom. The van der Waals surface area contributed by atoms with E-state index in [9.17, 15) is 4.39 Å². The van der Waals surface area contributed by atoms with Crippen LogP contribution in [-0.4, -0.2) is 47.3 Å². The van der Waals surface area contributed by atoms with Crippen molar-refractivity contribution in [2.45, 2.75) is 20.0 Å². The van der Waals surface area contributed by atoms with Crippen LogP contribution in [0.25, 0.3) is 10.9 Å². The fourth-order valence-corrected chi connectivity index (χ4v) is 3.41. The van der Waals surface area contributed by atoms with Gasteiger partial charge in [0.25, 0.3) is 0 Å². The molecule has 2 aliphatic rings. The van der Waals surface area contributed by atoms with E-state index in [-0.39, 0.29) is 5.41 Å². The first-order chi connectivity index (χ1) is 10.1. The number of hydrogen-bond acceptors (Lipinski definition) is 5. The lowest BCUT2D eigenvalue weighted by Gasteiger charge is -2.49. The minimum absolute atomic E-state index is 0.236. The van der Waals surface area contributed by atoms with Crippen LogP contribution in [0.3, 0.4) is 0 Å². The highest BCUT2D eigenvalue weighted by Gasteiger charge is 2.53. The molecule has 4 heterocycles. The van der Waals surface area contributed by atoms with Gasteiger partial charge in [-0.2, -0.15) is 0 Å². The summed E-state index contributed by atoms with van der Waals surface area (Å²) in [6.07, 6.45) is 1.07. The maximum absolute atomic E-state index is 14.0. The summed E-state index contributed by atoms with van der Waals surface area (Å²) in [5.41, 5.74) is 1.57. The Kier molecular flexibility index (Phi) is 2.66. The summed E-state index contributed by atoms with van der Waals surface area (Å²) in [6.45, 7) is 6.47. The van der Waals surface area contributed by atoms with Crippen LogP contribution in [0.5, 0.6) is 0 Å². The molecule has 6 heteroatoms. The second-order valence-corrected chi connectivity index (χ2v) is 6.26. The predicted octanol–water partition coefficient (Wildman–Crippen LogP) is 1.39. The number of pyridine rings is 1. The number of nitrogens with zero attached hydrogens (tertiary/aromatic N) is 4. The second-order valence-electron chi connectivity index (χ2n) is 6.26. The quantitative estimate of drug-likeness (QED) is 0.859. The number of halogens is 1. The Morgan fingerprint density at radius 3 is 2.86 bits per heavy atom. The molecular formula is C15H18FN5. The van der Waals surface area contributed by atoms with Gasteiger partial charge in [0.2, 0.25) is 0 Å². The van der Waals surface area contributed by atoms with Crippen molar-refractivity contribution in [3.8, 4) is 0 Å². The van der Waals surface area contributed by atoms with Crippen molar-refractivity contribution >= 4 is 16.7 Å². The lowest BCUT2D eigenvalue weighted by molar-refractivity contribution is 0.121. The van der Waals surface area contributed by atoms with Gasteiger partial charge in [0.15, 0.2) is 5.82 Å². The number of fused-ring (bicyclic) bond motifs is 1. The molecule has 2 aromatic rings. The summed E-state index contributed by atoms with van der Waals surface area (Å²) in [5, 5.41) is 4.14. The van der Waals surface area contributed by atoms with Crippen molar-refractivity contribution in [2.75, 3.05) is 31.1 Å². The number of alkyl halides is 1. The molecule has 2 fully saturated rings. The molecule has 0 amide bonds. The molecule has 2 aromatic heterocycles. The summed E-state index contributed by atoms with van der Waals surface area (Å²) < 4.78 is 14.0. The standard InChI is InChI=1S/C15H18FN5/c1-9-3-11-4-18-10(2)20-13(11)14(19-9)21-7-15(8-21)6-17-5-12(15)16/h3-4,12,17H,5-8H2,1-2H3. The summed E-state index contributed by atoms with van der Waals surface area (Å²) in [4.78, 5) is 15.6. The number of rotatable bonds is 1. The second kappa shape index (κ2) is 4.34. The fraction of sp³-hybridized carbons (Fsp3) is 0.533. The van der Waals surface area contributed by atoms with Gasteiger partial charge in [0.1, 0.15) is 17.5 Å². The highest BCUT2D eigenvalue weighted by molar-refractivity contribution is 5.89. The van der Waals surface area contributed by atoms with E-state index in [0.29, 0.717) is 19.6 Å². The van der Waals surface area contributed by atoms with Gasteiger partial charge in [-0.1, -0.05) is 0 Å². The van der Waals surface area contributed by atoms with Crippen molar-refractivity contribution in [1.82, 2.24) is 20.3 Å². The van der Waals surface area contributed by atoms with Crippen LogP contribution in [0, 0.1) is 19.3 Å². The van der Waals surface area contributed by atoms with Crippen LogP contribution >= 0.6 is 0 Å². The summed E-state index contributed by atoms with van der Waals surface area (Å²) in [7, 11) is 0. The largest absolute Gasteiger partial charge is 0.353 e. The number of nitrogens with one attached hydrogen (secondary N) is 1. The Balaban J connectivity index is 1.73. The molecule has 0 radical (unpaired) electrons. The molecule has 110 valence electrons. The predicted molar refractivity (Wildman–Crippen MR) is 79.2 cm³/mol. The van der Waals surface area contributed by atoms with E-state index in [1.165, 1.54) is 0 Å². The third kappa shape index (κ3) is 1.89. The van der Waals surface area contributed by atoms with Crippen LogP contribution in [-0.2, 0) is 0 Å². The molecule has 21 heavy (non-hydrogen) atoms. The van der Waals surface area contributed by atoms with Gasteiger partial charge in [-0.15, -0.1) is 0 Å². The van der Waals surface area contributed by atoms with Gasteiger partial charge in [0.05, 0.1) is 5.41 Å². The van der Waals surface area contributed by atoms with Crippen molar-refractivity contribution in [2.24, 2.45) is 5.41 Å². The number of hydrogen-bond donors (Lipinski definition) is 1. The fourth-order valence-electron chi connectivity index (χ4n) is 3.41. The first-order valence-corrected chi connectivity index (χ1v) is 7.28. The summed E-state index contributed by atoms with van der Waals surface area (Å²) in [5.74, 6) is 1.59. The van der Waals surface area contributed by atoms with Gasteiger partial charge in [-0.05, 0) is 19.9 Å². The highest BCUT2D eigenvalue weighted by Crippen LogP contribution is 2.41. The molecule has 0 saturated carbocycles. The van der Waals surface area contributed by atoms with Gasteiger partial charge >= 0.3 is 0 Å². The third-order valence-electron chi connectivity index (χ3n) is 4.57. The molecule has 0 bridgehead atoms. The SMILES string of the molecule is Cc1cc2cnc(C)nc2c(N2CC3(CNCC3F)C2)n1. The van der Waals surface area contributed by atoms with E-state index >= 15 is 0 Å². The molecule has 2 aliphatic heterocycles. The molecule has 1 N–H and O–H groups in total. The third-order valence-corrected chi connectivity index (χ3v) is 4.57. The highest BCUT2D eigenvalue weighted by atomic mass is 19.1. The van der Waals surface area contributed by atoms with Crippen LogP contribution in [0.1, 0.15) is 11.5 Å². The van der Waals surface area contributed by atoms with Crippen molar-refractivity contribution in [1.29, 1.82) is 0 Å². The lowest BCUT2D eigenvalue weighted by atomic mass is 9.77. The zero-order valence-electron chi connectivity index (χ0n) is 12.2. The normalized spacial score (nSPS) is 23.8. The Labute approximate surface area is 122 Å². The molecule has 4 rings (SSSR count). The van der Waals surface area contributed by atoms with Crippen molar-refractivity contribution < 1.29 is 4.39 Å². The maximum atomic E-state index is 14.0. The van der Waals surface area contributed by atoms with E-state index in [4.69, 9.17) is 0 Å². The van der Waals surface area contributed by atoms with E-state index in [1.54, 1.807) is 0 Å². The average molecular weight is 287 g/mol. The molecular weight excluding hydrogens is 269 g/mol. The first-order valence-electron chi connectivity index (χ1n) is 7.28. The monoisotopic (exact) mass is 287 g/mol. The van der Waals surface area contributed by atoms with Crippen LogP contribution in [0.4, 0.5) is 10.2 Å². The average Bonchev–Trinajstić information content (AvgIpc) is 2.78. The van der Waals surface area contributed by atoms with E-state index in [2.05, 4.69) is 25.2 Å². The minimum atomic E-state index is -0.763. The van der Waals surface area contributed by atoms with Crippen LogP contribution in [0.2, 0.25) is 0 Å². The summed E-state index contributed by atoms with van der Waals surface area (Å²) >= 11 is 0. The van der Waals surface area contributed by atoms with E-state index in [0.717, 1.165) is 34.8 Å². The smallest absolute Gasteiger partial charge is 0.155 e. The molecule has 0 aliphatic carbocycles. The zero-order valence-corrected chi connectivity index (χ0v) is 12.2. The molecule has 1 atom stereocenters. The molecule has 1 unspecified atom stereocenters. The van der Waals surface area contributed by atoms with Crippen molar-refractivity contribution in [3.63, 3.8) is 0 Å². The maximum Gasteiger partial charge on any atom is 0.155 e. The molecule has 5 nitrogen and oxygen atoms in total. The topological polar surface area (TPSA) is 53.9 Å². The lowest BCUT2D eigenvalue weighted by Crippen LogP contribution is -2.61. The Bertz CT molecular complexity index is 711. The van der Waals surface area contributed by atoms with Gasteiger partial charge in [-0.3, -0.25) is 0 Å². The zero-order chi connectivity index (χ0) is 14.6. The molecule has 1 spiro atoms. The number of aromatic nitrogens is 3. The molecule has 0 aromatic carbocycles. The van der Waals surface area contributed by atoms with Gasteiger partial charge < -0.3 is 10.2 Å². The molecule has 2 saturated heterocycles. The van der Waals surface area contributed by atoms with Crippen LogP contribution in [0.15, 0.2) is 12.3 Å². The number of aryl methyl sites for hydroxylation is 2. The van der Waals surface area contributed by atoms with Gasteiger partial charge in [0, 0.05) is 43.5 Å². The van der Waals surface area contributed by atoms with E-state index < -0.39 is 6.17 Å². The summed E-state index contributed by atoms with van der Waals surface area (Å²) in [6, 6.07) is 1.99. The van der Waals surface area contributed by atoms with E-state index in [1.807, 2.05) is 26.1 Å². The Morgan fingerprint density at radius 1 is 1.33 bits per heavy atom. The first kappa shape index (κ1) is 12.9. The van der Waals surface area contributed by atoms with Crippen molar-refractivity contribution in [3.05, 3.63) is 23.8 Å². The van der Waals surface area contributed by atoms with Gasteiger partial charge in [-0.25, -0.2) is 19.3 Å². The Hall–Kier alpha value is -1.82. The van der Waals surface area contributed by atoms with Crippen LogP contribution < -0.4 is 10.2 Å². The minimum Gasteiger partial charge on any atom is -0.353 e. The number of anilines is 1.